The summed E-state index contributed by atoms with van der Waals surface area (Å²) < 4.78 is 0. The van der Waals surface area contributed by atoms with Gasteiger partial charge in [0.15, 0.2) is 0 Å². The Morgan fingerprint density at radius 3 is 2.24 bits per heavy atom. The molecule has 0 fully saturated rings. The highest BCUT2D eigenvalue weighted by molar-refractivity contribution is 6.04. The normalized spacial score (nSPS) is 8.62. The number of nitrogen functional groups attached to an aromatic ring is 1. The van der Waals surface area contributed by atoms with Crippen LogP contribution in [0.5, 0.6) is 0 Å². The first kappa shape index (κ1) is 21.8. The molecule has 0 saturated carbocycles. The topological polar surface area (TPSA) is 94.0 Å². The fraction of sp³-hybridized carbons (Fsp3) is 0.0769. The Labute approximate surface area is 141 Å². The number of anilines is 2. The number of hydrogen-bond donors (Lipinski definition) is 3. The zero-order chi connectivity index (χ0) is 13.0. The van der Waals surface area contributed by atoms with Gasteiger partial charge in [-0.15, -0.1) is 37.2 Å². The maximum atomic E-state index is 11.9. The van der Waals surface area contributed by atoms with E-state index < -0.39 is 0 Å². The molecule has 5 nitrogen and oxygen atoms in total. The van der Waals surface area contributed by atoms with E-state index in [1.165, 1.54) is 0 Å². The molecule has 0 radical (unpaired) electrons. The molecule has 1 heterocycles. The van der Waals surface area contributed by atoms with Gasteiger partial charge in [-0.1, -0.05) is 6.07 Å². The van der Waals surface area contributed by atoms with Gasteiger partial charge in [0.25, 0.3) is 5.91 Å². The molecule has 2 aromatic rings. The Kier molecular flexibility index (Phi) is 10.6. The standard InChI is InChI=1S/C13H14N4O.3ClH/c14-8-10-2-1-9(7-12(10)15)13(18)17-11-3-5-16-6-4-11;;;/h1-7H,8,14-15H2,(H,16,17,18);3*1H. The van der Waals surface area contributed by atoms with Crippen molar-refractivity contribution in [3.05, 3.63) is 53.9 Å². The Morgan fingerprint density at radius 1 is 1.10 bits per heavy atom. The zero-order valence-corrected chi connectivity index (χ0v) is 13.4. The first-order chi connectivity index (χ1) is 8.70. The molecule has 0 atom stereocenters. The molecule has 5 N–H and O–H groups in total. The second kappa shape index (κ2) is 10.2. The summed E-state index contributed by atoms with van der Waals surface area (Å²) in [6.07, 6.45) is 3.23. The summed E-state index contributed by atoms with van der Waals surface area (Å²) in [7, 11) is 0. The van der Waals surface area contributed by atoms with Gasteiger partial charge < -0.3 is 16.8 Å². The number of aromatic nitrogens is 1. The number of nitrogens with one attached hydrogen (secondary N) is 1. The number of nitrogens with two attached hydrogens (primary N) is 2. The third kappa shape index (κ3) is 5.77. The van der Waals surface area contributed by atoms with Crippen LogP contribution < -0.4 is 16.8 Å². The van der Waals surface area contributed by atoms with E-state index in [1.807, 2.05) is 0 Å². The molecule has 1 amide bonds. The molecular formula is C13H17Cl3N4O. The second-order valence-electron chi connectivity index (χ2n) is 3.81. The van der Waals surface area contributed by atoms with Gasteiger partial charge in [0, 0.05) is 35.9 Å². The molecule has 8 heteroatoms. The largest absolute Gasteiger partial charge is 0.398 e. The van der Waals surface area contributed by atoms with Gasteiger partial charge in [0.2, 0.25) is 0 Å². The van der Waals surface area contributed by atoms with Crippen LogP contribution >= 0.6 is 37.2 Å². The number of nitrogens with zero attached hydrogens (tertiary/aromatic N) is 1. The Hall–Kier alpha value is -1.53. The lowest BCUT2D eigenvalue weighted by atomic mass is 10.1. The summed E-state index contributed by atoms with van der Waals surface area (Å²) in [6, 6.07) is 8.52. The lowest BCUT2D eigenvalue weighted by Gasteiger charge is -2.07. The minimum atomic E-state index is -0.212. The summed E-state index contributed by atoms with van der Waals surface area (Å²) in [5, 5.41) is 2.76. The van der Waals surface area contributed by atoms with Crippen LogP contribution in [0.15, 0.2) is 42.7 Å². The maximum Gasteiger partial charge on any atom is 0.255 e. The van der Waals surface area contributed by atoms with E-state index in [2.05, 4.69) is 10.3 Å². The predicted octanol–water partition coefficient (Wildman–Crippen LogP) is 2.64. The van der Waals surface area contributed by atoms with Crippen LogP contribution in [-0.4, -0.2) is 10.9 Å². The second-order valence-corrected chi connectivity index (χ2v) is 3.81. The number of carbonyl (C=O) groups is 1. The van der Waals surface area contributed by atoms with Crippen molar-refractivity contribution in [2.75, 3.05) is 11.1 Å². The van der Waals surface area contributed by atoms with Crippen molar-refractivity contribution in [1.29, 1.82) is 0 Å². The van der Waals surface area contributed by atoms with E-state index >= 15 is 0 Å². The quantitative estimate of drug-likeness (QED) is 0.741. The molecule has 21 heavy (non-hydrogen) atoms. The fourth-order valence-electron chi connectivity index (χ4n) is 1.56. The summed E-state index contributed by atoms with van der Waals surface area (Å²) in [5.41, 5.74) is 13.9. The number of rotatable bonds is 3. The van der Waals surface area contributed by atoms with Crippen LogP contribution in [0.25, 0.3) is 0 Å². The van der Waals surface area contributed by atoms with Crippen LogP contribution in [0.1, 0.15) is 15.9 Å². The van der Waals surface area contributed by atoms with E-state index in [0.29, 0.717) is 23.5 Å². The molecule has 0 aliphatic carbocycles. The van der Waals surface area contributed by atoms with Gasteiger partial charge in [-0.05, 0) is 29.8 Å². The van der Waals surface area contributed by atoms with Crippen LogP contribution in [-0.2, 0) is 6.54 Å². The first-order valence-corrected chi connectivity index (χ1v) is 5.50. The lowest BCUT2D eigenvalue weighted by Crippen LogP contribution is -2.13. The van der Waals surface area contributed by atoms with E-state index in [4.69, 9.17) is 11.5 Å². The smallest absolute Gasteiger partial charge is 0.255 e. The average molecular weight is 352 g/mol. The van der Waals surface area contributed by atoms with E-state index in [9.17, 15) is 4.79 Å². The van der Waals surface area contributed by atoms with Gasteiger partial charge in [-0.3, -0.25) is 9.78 Å². The van der Waals surface area contributed by atoms with Gasteiger partial charge >= 0.3 is 0 Å². The summed E-state index contributed by atoms with van der Waals surface area (Å²) in [6.45, 7) is 0.359. The first-order valence-electron chi connectivity index (χ1n) is 5.50. The number of halogens is 3. The minimum Gasteiger partial charge on any atom is -0.398 e. The highest BCUT2D eigenvalue weighted by Gasteiger charge is 2.07. The number of amides is 1. The van der Waals surface area contributed by atoms with Crippen molar-refractivity contribution >= 4 is 54.5 Å². The van der Waals surface area contributed by atoms with Crippen LogP contribution in [0.2, 0.25) is 0 Å². The molecule has 116 valence electrons. The van der Waals surface area contributed by atoms with Gasteiger partial charge in [0.1, 0.15) is 0 Å². The fourth-order valence-corrected chi connectivity index (χ4v) is 1.56. The van der Waals surface area contributed by atoms with Crippen LogP contribution in [0.4, 0.5) is 11.4 Å². The molecule has 0 unspecified atom stereocenters. The highest BCUT2D eigenvalue weighted by Crippen LogP contribution is 2.15. The number of carbonyl (C=O) groups excluding carboxylic acids is 1. The van der Waals surface area contributed by atoms with Gasteiger partial charge in [0.05, 0.1) is 0 Å². The summed E-state index contributed by atoms with van der Waals surface area (Å²) in [5.74, 6) is -0.212. The van der Waals surface area contributed by atoms with Crippen LogP contribution in [0, 0.1) is 0 Å². The maximum absolute atomic E-state index is 11.9. The van der Waals surface area contributed by atoms with E-state index in [0.717, 1.165) is 5.56 Å². The van der Waals surface area contributed by atoms with E-state index in [-0.39, 0.29) is 43.1 Å². The number of pyridine rings is 1. The highest BCUT2D eigenvalue weighted by atomic mass is 35.5. The Bertz CT molecular complexity index is 567. The molecule has 2 rings (SSSR count). The van der Waals surface area contributed by atoms with Crippen molar-refractivity contribution in [3.63, 3.8) is 0 Å². The van der Waals surface area contributed by atoms with Crippen molar-refractivity contribution < 1.29 is 4.79 Å². The summed E-state index contributed by atoms with van der Waals surface area (Å²) >= 11 is 0. The molecule has 1 aromatic carbocycles. The third-order valence-electron chi connectivity index (χ3n) is 2.57. The molecule has 0 bridgehead atoms. The molecular weight excluding hydrogens is 335 g/mol. The van der Waals surface area contributed by atoms with Crippen molar-refractivity contribution in [1.82, 2.24) is 4.98 Å². The Balaban J connectivity index is 0. The average Bonchev–Trinajstić information content (AvgIpc) is 2.39. The van der Waals surface area contributed by atoms with Gasteiger partial charge in [-0.25, -0.2) is 0 Å². The third-order valence-corrected chi connectivity index (χ3v) is 2.57. The molecule has 0 spiro atoms. The molecule has 0 aliphatic rings. The Morgan fingerprint density at radius 2 is 1.71 bits per heavy atom. The summed E-state index contributed by atoms with van der Waals surface area (Å²) in [4.78, 5) is 15.8. The zero-order valence-electron chi connectivity index (χ0n) is 11.0. The van der Waals surface area contributed by atoms with Crippen molar-refractivity contribution in [2.24, 2.45) is 5.73 Å². The van der Waals surface area contributed by atoms with Crippen LogP contribution in [0.3, 0.4) is 0 Å². The monoisotopic (exact) mass is 350 g/mol. The molecule has 0 saturated heterocycles. The minimum absolute atomic E-state index is 0. The van der Waals surface area contributed by atoms with Crippen molar-refractivity contribution in [3.8, 4) is 0 Å². The number of hydrogen-bond acceptors (Lipinski definition) is 4. The van der Waals surface area contributed by atoms with Crippen molar-refractivity contribution in [2.45, 2.75) is 6.54 Å². The molecule has 1 aromatic heterocycles. The number of benzene rings is 1. The molecule has 0 aliphatic heterocycles. The SMILES string of the molecule is Cl.Cl.Cl.NCc1ccc(C(=O)Nc2ccncc2)cc1N. The lowest BCUT2D eigenvalue weighted by molar-refractivity contribution is 0.102. The predicted molar refractivity (Wildman–Crippen MR) is 92.7 cm³/mol. The van der Waals surface area contributed by atoms with Gasteiger partial charge in [-0.2, -0.15) is 0 Å². The van der Waals surface area contributed by atoms with E-state index in [1.54, 1.807) is 42.7 Å².